The van der Waals surface area contributed by atoms with Crippen LogP contribution < -0.4 is 10.1 Å². The third-order valence-electron chi connectivity index (χ3n) is 3.75. The molecule has 1 atom stereocenters. The Kier molecular flexibility index (Phi) is 7.23. The second kappa shape index (κ2) is 9.40. The lowest BCUT2D eigenvalue weighted by atomic mass is 10.1. The zero-order valence-corrected chi connectivity index (χ0v) is 16.3. The molecule has 1 unspecified atom stereocenters. The maximum Gasteiger partial charge on any atom is 0.227 e. The Bertz CT molecular complexity index is 754. The van der Waals surface area contributed by atoms with E-state index in [-0.39, 0.29) is 18.4 Å². The molecule has 0 spiro atoms. The Morgan fingerprint density at radius 3 is 2.92 bits per heavy atom. The average molecular weight is 453 g/mol. The second-order valence-electron chi connectivity index (χ2n) is 5.64. The SMILES string of the molecule is Cc1ccccc1OCc1c(NC(=O)C(C)CCN=N)cnnc1I. The molecule has 0 radical (unpaired) electrons. The van der Waals surface area contributed by atoms with Gasteiger partial charge >= 0.3 is 0 Å². The summed E-state index contributed by atoms with van der Waals surface area (Å²) in [4.78, 5) is 12.3. The molecule has 0 bridgehead atoms. The monoisotopic (exact) mass is 453 g/mol. The lowest BCUT2D eigenvalue weighted by Gasteiger charge is -2.15. The molecule has 0 aliphatic rings. The van der Waals surface area contributed by atoms with Gasteiger partial charge in [-0.2, -0.15) is 10.2 Å². The number of hydrogen-bond acceptors (Lipinski definition) is 6. The number of para-hydroxylation sites is 1. The molecule has 8 heteroatoms. The van der Waals surface area contributed by atoms with Crippen LogP contribution in [0.5, 0.6) is 5.75 Å². The summed E-state index contributed by atoms with van der Waals surface area (Å²) in [6.07, 6.45) is 2.05. The molecule has 1 aromatic carbocycles. The molecule has 0 saturated heterocycles. The molecular weight excluding hydrogens is 433 g/mol. The first kappa shape index (κ1) is 19.2. The largest absolute Gasteiger partial charge is 0.488 e. The van der Waals surface area contributed by atoms with Gasteiger partial charge in [-0.05, 0) is 47.6 Å². The van der Waals surface area contributed by atoms with E-state index in [1.165, 1.54) is 6.20 Å². The number of carbonyl (C=O) groups excluding carboxylic acids is 1. The van der Waals surface area contributed by atoms with Crippen LogP contribution in [0.2, 0.25) is 0 Å². The number of aromatic nitrogens is 2. The summed E-state index contributed by atoms with van der Waals surface area (Å²) in [6, 6.07) is 7.75. The second-order valence-corrected chi connectivity index (χ2v) is 6.66. The number of nitrogens with zero attached hydrogens (tertiary/aromatic N) is 3. The van der Waals surface area contributed by atoms with Crippen molar-refractivity contribution in [1.29, 1.82) is 5.53 Å². The number of benzene rings is 1. The number of rotatable bonds is 8. The number of hydrogen-bond donors (Lipinski definition) is 2. The van der Waals surface area contributed by atoms with E-state index in [4.69, 9.17) is 10.3 Å². The van der Waals surface area contributed by atoms with Gasteiger partial charge in [0.05, 0.1) is 18.4 Å². The van der Waals surface area contributed by atoms with Crippen molar-refractivity contribution in [2.75, 3.05) is 11.9 Å². The van der Waals surface area contributed by atoms with Gasteiger partial charge in [0.1, 0.15) is 16.1 Å². The highest BCUT2D eigenvalue weighted by molar-refractivity contribution is 14.1. The Morgan fingerprint density at radius 1 is 1.44 bits per heavy atom. The number of aryl methyl sites for hydroxylation is 1. The van der Waals surface area contributed by atoms with Crippen LogP contribution in [-0.2, 0) is 11.4 Å². The summed E-state index contributed by atoms with van der Waals surface area (Å²) in [7, 11) is 0. The van der Waals surface area contributed by atoms with E-state index in [2.05, 4.69) is 43.2 Å². The van der Waals surface area contributed by atoms with Crippen molar-refractivity contribution < 1.29 is 9.53 Å². The smallest absolute Gasteiger partial charge is 0.227 e. The molecule has 1 heterocycles. The van der Waals surface area contributed by atoms with Gasteiger partial charge in [-0.1, -0.05) is 25.1 Å². The minimum Gasteiger partial charge on any atom is -0.488 e. The molecule has 7 nitrogen and oxygen atoms in total. The quantitative estimate of drug-likeness (QED) is 0.467. The molecule has 0 aliphatic heterocycles. The summed E-state index contributed by atoms with van der Waals surface area (Å²) in [5.74, 6) is 0.410. The Labute approximate surface area is 160 Å². The van der Waals surface area contributed by atoms with Crippen molar-refractivity contribution in [1.82, 2.24) is 10.2 Å². The van der Waals surface area contributed by atoms with Gasteiger partial charge < -0.3 is 10.1 Å². The van der Waals surface area contributed by atoms with Crippen molar-refractivity contribution in [3.8, 4) is 5.75 Å². The zero-order valence-electron chi connectivity index (χ0n) is 14.1. The van der Waals surface area contributed by atoms with Crippen LogP contribution in [0.4, 0.5) is 5.69 Å². The minimum absolute atomic E-state index is 0.135. The van der Waals surface area contributed by atoms with E-state index >= 15 is 0 Å². The lowest BCUT2D eigenvalue weighted by molar-refractivity contribution is -0.119. The highest BCUT2D eigenvalue weighted by Crippen LogP contribution is 2.24. The number of anilines is 1. The van der Waals surface area contributed by atoms with Crippen LogP contribution in [0, 0.1) is 22.1 Å². The fourth-order valence-electron chi connectivity index (χ4n) is 2.15. The van der Waals surface area contributed by atoms with E-state index in [9.17, 15) is 4.79 Å². The number of nitrogens with one attached hydrogen (secondary N) is 2. The Morgan fingerprint density at radius 2 is 2.20 bits per heavy atom. The van der Waals surface area contributed by atoms with Crippen molar-refractivity contribution in [2.24, 2.45) is 11.0 Å². The molecule has 2 N–H and O–H groups in total. The molecule has 1 amide bonds. The zero-order chi connectivity index (χ0) is 18.2. The summed E-state index contributed by atoms with van der Waals surface area (Å²) in [6.45, 7) is 4.41. The predicted molar refractivity (Wildman–Crippen MR) is 103 cm³/mol. The van der Waals surface area contributed by atoms with Gasteiger partial charge in [0.25, 0.3) is 0 Å². The number of amides is 1. The van der Waals surface area contributed by atoms with E-state index in [0.717, 1.165) is 16.9 Å². The standard InChI is InChI=1S/C17H20IN5O2/c1-11-5-3-4-6-15(11)25-10-13-14(9-21-23-16(13)18)22-17(24)12(2)7-8-20-19/h3-6,9,12,19H,7-8,10H2,1-2H3,(H,22,23,24). The van der Waals surface area contributed by atoms with Crippen LogP contribution in [0.15, 0.2) is 35.6 Å². The molecule has 2 aromatic rings. The fourth-order valence-corrected chi connectivity index (χ4v) is 2.72. The number of halogens is 1. The Balaban J connectivity index is 2.12. The third-order valence-corrected chi connectivity index (χ3v) is 4.62. The van der Waals surface area contributed by atoms with Gasteiger partial charge in [0.15, 0.2) is 0 Å². The van der Waals surface area contributed by atoms with Crippen LogP contribution in [0.1, 0.15) is 24.5 Å². The normalized spacial score (nSPS) is 11.6. The van der Waals surface area contributed by atoms with Crippen LogP contribution in [-0.4, -0.2) is 22.6 Å². The van der Waals surface area contributed by atoms with E-state index < -0.39 is 0 Å². The highest BCUT2D eigenvalue weighted by Gasteiger charge is 2.17. The first-order chi connectivity index (χ1) is 12.0. The Hall–Kier alpha value is -2.10. The van der Waals surface area contributed by atoms with E-state index in [1.54, 1.807) is 0 Å². The topological polar surface area (TPSA) is 100 Å². The van der Waals surface area contributed by atoms with Crippen molar-refractivity contribution in [2.45, 2.75) is 26.9 Å². The highest BCUT2D eigenvalue weighted by atomic mass is 127. The third kappa shape index (κ3) is 5.45. The van der Waals surface area contributed by atoms with Gasteiger partial charge in [0, 0.05) is 11.5 Å². The van der Waals surface area contributed by atoms with Gasteiger partial charge in [-0.3, -0.25) is 4.79 Å². The maximum atomic E-state index is 12.3. The van der Waals surface area contributed by atoms with Crippen molar-refractivity contribution in [3.63, 3.8) is 0 Å². The maximum absolute atomic E-state index is 12.3. The predicted octanol–water partition coefficient (Wildman–Crippen LogP) is 3.96. The number of carbonyl (C=O) groups is 1. The fraction of sp³-hybridized carbons (Fsp3) is 0.353. The summed E-state index contributed by atoms with van der Waals surface area (Å²) >= 11 is 2.08. The summed E-state index contributed by atoms with van der Waals surface area (Å²) < 4.78 is 6.57. The van der Waals surface area contributed by atoms with Crippen LogP contribution in [0.3, 0.4) is 0 Å². The van der Waals surface area contributed by atoms with Crippen molar-refractivity contribution in [3.05, 3.63) is 45.3 Å². The van der Waals surface area contributed by atoms with Crippen LogP contribution >= 0.6 is 22.6 Å². The molecule has 132 valence electrons. The molecule has 25 heavy (non-hydrogen) atoms. The van der Waals surface area contributed by atoms with Crippen LogP contribution in [0.25, 0.3) is 0 Å². The summed E-state index contributed by atoms with van der Waals surface area (Å²) in [5, 5.41) is 14.1. The lowest BCUT2D eigenvalue weighted by Crippen LogP contribution is -2.22. The average Bonchev–Trinajstić information content (AvgIpc) is 2.60. The molecule has 0 saturated carbocycles. The van der Waals surface area contributed by atoms with Gasteiger partial charge in [-0.15, -0.1) is 5.10 Å². The van der Waals surface area contributed by atoms with Gasteiger partial charge in [0.2, 0.25) is 5.91 Å². The molecule has 0 fully saturated rings. The molecule has 1 aromatic heterocycles. The minimum atomic E-state index is -0.245. The summed E-state index contributed by atoms with van der Waals surface area (Å²) in [5.41, 5.74) is 9.24. The molecular formula is C17H20IN5O2. The van der Waals surface area contributed by atoms with Crippen molar-refractivity contribution >= 4 is 34.2 Å². The van der Waals surface area contributed by atoms with E-state index in [1.807, 2.05) is 38.1 Å². The molecule has 2 rings (SSSR count). The molecule has 0 aliphatic carbocycles. The number of ether oxygens (including phenoxy) is 1. The van der Waals surface area contributed by atoms with Gasteiger partial charge in [-0.25, -0.2) is 5.53 Å². The first-order valence-electron chi connectivity index (χ1n) is 7.85. The first-order valence-corrected chi connectivity index (χ1v) is 8.93. The van der Waals surface area contributed by atoms with E-state index in [0.29, 0.717) is 22.4 Å².